The first-order valence-corrected chi connectivity index (χ1v) is 6.95. The number of aryl methyl sites for hydroxylation is 1. The number of fused-ring (bicyclic) bond motifs is 1. The van der Waals surface area contributed by atoms with Crippen LogP contribution in [0, 0.1) is 0 Å². The van der Waals surface area contributed by atoms with Crippen molar-refractivity contribution < 1.29 is 13.9 Å². The van der Waals surface area contributed by atoms with E-state index in [1.54, 1.807) is 19.4 Å². The van der Waals surface area contributed by atoms with Gasteiger partial charge in [-0.15, -0.1) is 5.10 Å². The van der Waals surface area contributed by atoms with Crippen LogP contribution in [0.3, 0.4) is 0 Å². The molecule has 3 aromatic rings. The molecule has 0 bridgehead atoms. The summed E-state index contributed by atoms with van der Waals surface area (Å²) in [5.41, 5.74) is 1.68. The number of hydrogen-bond acceptors (Lipinski definition) is 8. The summed E-state index contributed by atoms with van der Waals surface area (Å²) in [4.78, 5) is 20.0. The predicted molar refractivity (Wildman–Crippen MR) is 72.9 cm³/mol. The maximum atomic E-state index is 11.5. The molecule has 0 aliphatic heterocycles. The Morgan fingerprint density at radius 2 is 2.29 bits per heavy atom. The van der Waals surface area contributed by atoms with E-state index in [0.29, 0.717) is 5.03 Å². The third-order valence-corrected chi connectivity index (χ3v) is 3.48. The molecule has 0 aromatic carbocycles. The number of hydrogen-bond donors (Lipinski definition) is 0. The van der Waals surface area contributed by atoms with Crippen molar-refractivity contribution >= 4 is 28.8 Å². The number of nitrogens with zero attached hydrogens (tertiary/aromatic N) is 5. The Bertz CT molecular complexity index is 797. The van der Waals surface area contributed by atoms with Gasteiger partial charge in [0, 0.05) is 13.2 Å². The van der Waals surface area contributed by atoms with Crippen LogP contribution in [0.1, 0.15) is 17.6 Å². The van der Waals surface area contributed by atoms with E-state index in [1.807, 2.05) is 17.7 Å². The minimum atomic E-state index is -0.638. The highest BCUT2D eigenvalue weighted by atomic mass is 32.2. The normalized spacial score (nSPS) is 11.0. The molecule has 0 amide bonds. The molecule has 3 aromatic heterocycles. The third-order valence-electron chi connectivity index (χ3n) is 2.65. The van der Waals surface area contributed by atoms with Gasteiger partial charge in [0.15, 0.2) is 0 Å². The lowest BCUT2D eigenvalue weighted by atomic mass is 10.4. The Morgan fingerprint density at radius 1 is 1.43 bits per heavy atom. The summed E-state index contributed by atoms with van der Waals surface area (Å²) in [7, 11) is 1.90. The van der Waals surface area contributed by atoms with Gasteiger partial charge in [0.05, 0.1) is 18.5 Å². The summed E-state index contributed by atoms with van der Waals surface area (Å²) in [6, 6.07) is 1.87. The van der Waals surface area contributed by atoms with Crippen molar-refractivity contribution in [2.45, 2.75) is 17.2 Å². The highest BCUT2D eigenvalue weighted by molar-refractivity contribution is 7.99. The molecule has 0 fully saturated rings. The van der Waals surface area contributed by atoms with E-state index in [1.165, 1.54) is 0 Å². The molecule has 9 heteroatoms. The molecule has 0 aliphatic rings. The van der Waals surface area contributed by atoms with Gasteiger partial charge in [0.25, 0.3) is 5.22 Å². The Kier molecular flexibility index (Phi) is 3.57. The van der Waals surface area contributed by atoms with Crippen LogP contribution in [0.2, 0.25) is 0 Å². The van der Waals surface area contributed by atoms with E-state index in [2.05, 4.69) is 20.2 Å². The van der Waals surface area contributed by atoms with Gasteiger partial charge in [-0.05, 0) is 24.8 Å². The Hall–Kier alpha value is -2.42. The van der Waals surface area contributed by atoms with Crippen LogP contribution in [0.4, 0.5) is 0 Å². The fourth-order valence-electron chi connectivity index (χ4n) is 1.72. The van der Waals surface area contributed by atoms with Gasteiger partial charge in [-0.2, -0.15) is 0 Å². The van der Waals surface area contributed by atoms with E-state index >= 15 is 0 Å². The van der Waals surface area contributed by atoms with E-state index in [9.17, 15) is 4.79 Å². The number of aromatic nitrogens is 5. The van der Waals surface area contributed by atoms with Crippen LogP contribution in [0.5, 0.6) is 0 Å². The largest absolute Gasteiger partial charge is 0.459 e. The van der Waals surface area contributed by atoms with Gasteiger partial charge in [0.2, 0.25) is 0 Å². The van der Waals surface area contributed by atoms with Crippen LogP contribution >= 0.6 is 11.8 Å². The Balaban J connectivity index is 1.87. The Morgan fingerprint density at radius 3 is 3.10 bits per heavy atom. The zero-order valence-electron chi connectivity index (χ0n) is 11.3. The maximum absolute atomic E-state index is 11.5. The molecular weight excluding hydrogens is 294 g/mol. The average molecular weight is 305 g/mol. The highest BCUT2D eigenvalue weighted by Crippen LogP contribution is 2.29. The highest BCUT2D eigenvalue weighted by Gasteiger charge is 2.18. The number of carbonyl (C=O) groups is 1. The summed E-state index contributed by atoms with van der Waals surface area (Å²) >= 11 is 1.15. The lowest BCUT2D eigenvalue weighted by molar-refractivity contribution is 0.0475. The van der Waals surface area contributed by atoms with E-state index in [0.717, 1.165) is 22.8 Å². The Labute approximate surface area is 123 Å². The lowest BCUT2D eigenvalue weighted by Crippen LogP contribution is -2.04. The van der Waals surface area contributed by atoms with Gasteiger partial charge < -0.3 is 13.7 Å². The monoisotopic (exact) mass is 305 g/mol. The molecule has 0 atom stereocenters. The first-order valence-electron chi connectivity index (χ1n) is 6.13. The van der Waals surface area contributed by atoms with Crippen molar-refractivity contribution in [1.29, 1.82) is 0 Å². The molecule has 0 unspecified atom stereocenters. The van der Waals surface area contributed by atoms with Crippen molar-refractivity contribution in [2.75, 3.05) is 6.61 Å². The maximum Gasteiger partial charge on any atom is 0.396 e. The van der Waals surface area contributed by atoms with Gasteiger partial charge >= 0.3 is 11.9 Å². The van der Waals surface area contributed by atoms with Crippen molar-refractivity contribution in [3.8, 4) is 0 Å². The fraction of sp³-hybridized carbons (Fsp3) is 0.250. The van der Waals surface area contributed by atoms with Crippen LogP contribution in [-0.2, 0) is 11.8 Å². The summed E-state index contributed by atoms with van der Waals surface area (Å²) in [6.07, 6.45) is 3.38. The molecule has 0 radical (unpaired) electrons. The van der Waals surface area contributed by atoms with Crippen LogP contribution in [0.25, 0.3) is 11.0 Å². The fourth-order valence-corrected chi connectivity index (χ4v) is 2.46. The lowest BCUT2D eigenvalue weighted by Gasteiger charge is -1.98. The minimum Gasteiger partial charge on any atom is -0.459 e. The van der Waals surface area contributed by atoms with Gasteiger partial charge in [-0.25, -0.2) is 14.8 Å². The molecule has 0 saturated carbocycles. The second-order valence-corrected chi connectivity index (χ2v) is 4.98. The molecule has 0 aliphatic carbocycles. The van der Waals surface area contributed by atoms with Crippen molar-refractivity contribution in [3.05, 3.63) is 24.5 Å². The number of rotatable bonds is 4. The molecule has 0 spiro atoms. The second-order valence-electron chi connectivity index (χ2n) is 4.03. The molecule has 0 saturated heterocycles. The van der Waals surface area contributed by atoms with E-state index < -0.39 is 5.97 Å². The van der Waals surface area contributed by atoms with E-state index in [-0.39, 0.29) is 17.7 Å². The molecule has 3 heterocycles. The second kappa shape index (κ2) is 5.52. The smallest absolute Gasteiger partial charge is 0.396 e. The number of imidazole rings is 1. The summed E-state index contributed by atoms with van der Waals surface area (Å²) in [6.45, 7) is 1.95. The van der Waals surface area contributed by atoms with Crippen LogP contribution in [0.15, 0.2) is 33.3 Å². The minimum absolute atomic E-state index is 0.174. The van der Waals surface area contributed by atoms with Crippen molar-refractivity contribution in [2.24, 2.45) is 7.05 Å². The quantitative estimate of drug-likeness (QED) is 0.672. The molecule has 0 N–H and O–H groups in total. The number of esters is 1. The van der Waals surface area contributed by atoms with Crippen molar-refractivity contribution in [3.63, 3.8) is 0 Å². The number of carbonyl (C=O) groups excluding carboxylic acids is 1. The standard InChI is InChI=1S/C12H11N5O3S/c1-3-19-11(18)9-15-16-12(20-9)21-10-8-7(4-5-13-10)17(2)6-14-8/h4-6H,3H2,1-2H3. The summed E-state index contributed by atoms with van der Waals surface area (Å²) in [5.74, 6) is -0.812. The van der Waals surface area contributed by atoms with Gasteiger partial charge in [-0.3, -0.25) is 0 Å². The zero-order chi connectivity index (χ0) is 14.8. The number of ether oxygens (including phenoxy) is 1. The van der Waals surface area contributed by atoms with Crippen LogP contribution in [-0.4, -0.2) is 37.3 Å². The molecule has 21 heavy (non-hydrogen) atoms. The average Bonchev–Trinajstić information content (AvgIpc) is 3.08. The SMILES string of the molecule is CCOC(=O)c1nnc(Sc2nccc3c2ncn3C)o1. The topological polar surface area (TPSA) is 95.9 Å². The van der Waals surface area contributed by atoms with E-state index in [4.69, 9.17) is 9.15 Å². The van der Waals surface area contributed by atoms with Crippen LogP contribution < -0.4 is 0 Å². The van der Waals surface area contributed by atoms with Gasteiger partial charge in [-0.1, -0.05) is 5.10 Å². The summed E-state index contributed by atoms with van der Waals surface area (Å²) in [5, 5.41) is 8.29. The first kappa shape index (κ1) is 13.6. The third kappa shape index (κ3) is 2.59. The predicted octanol–water partition coefficient (Wildman–Crippen LogP) is 1.68. The zero-order valence-corrected chi connectivity index (χ0v) is 12.1. The molecule has 108 valence electrons. The molecular formula is C12H11N5O3S. The summed E-state index contributed by atoms with van der Waals surface area (Å²) < 4.78 is 11.9. The molecule has 3 rings (SSSR count). The first-order chi connectivity index (χ1) is 10.2. The van der Waals surface area contributed by atoms with Gasteiger partial charge in [0.1, 0.15) is 10.5 Å². The molecule has 8 nitrogen and oxygen atoms in total. The van der Waals surface area contributed by atoms with Crippen molar-refractivity contribution in [1.82, 2.24) is 24.7 Å². The number of pyridine rings is 1.